The van der Waals surface area contributed by atoms with Crippen molar-refractivity contribution in [3.8, 4) is 10.6 Å². The molecule has 3 rings (SSSR count). The Labute approximate surface area is 135 Å². The first-order chi connectivity index (χ1) is 10.2. The first-order valence-electron chi connectivity index (χ1n) is 7.56. The van der Waals surface area contributed by atoms with Gasteiger partial charge in [0.15, 0.2) is 0 Å². The van der Waals surface area contributed by atoms with Crippen molar-refractivity contribution in [1.29, 1.82) is 0 Å². The SMILES string of the molecule is CC1CCN(Cc2ccc(-c3nc(CCl)cs3)cc2)CC1. The van der Waals surface area contributed by atoms with Crippen LogP contribution in [0.2, 0.25) is 0 Å². The number of piperidine rings is 1. The molecule has 1 aliphatic heterocycles. The van der Waals surface area contributed by atoms with Crippen LogP contribution in [0.1, 0.15) is 31.0 Å². The summed E-state index contributed by atoms with van der Waals surface area (Å²) in [4.78, 5) is 7.09. The van der Waals surface area contributed by atoms with Crippen LogP contribution in [0.4, 0.5) is 0 Å². The van der Waals surface area contributed by atoms with E-state index in [1.165, 1.54) is 37.1 Å². The lowest BCUT2D eigenvalue weighted by molar-refractivity contribution is 0.185. The number of rotatable bonds is 4. The molecular formula is C17H21ClN2S. The Hall–Kier alpha value is -0.900. The standard InChI is InChI=1S/C17H21ClN2S/c1-13-6-8-20(9-7-13)11-14-2-4-15(5-3-14)17-19-16(10-18)12-21-17/h2-5,12-13H,6-11H2,1H3. The van der Waals surface area contributed by atoms with Crippen LogP contribution in [-0.2, 0) is 12.4 Å². The van der Waals surface area contributed by atoms with Gasteiger partial charge >= 0.3 is 0 Å². The summed E-state index contributed by atoms with van der Waals surface area (Å²) in [6, 6.07) is 8.82. The predicted molar refractivity (Wildman–Crippen MR) is 90.8 cm³/mol. The van der Waals surface area contributed by atoms with Crippen molar-refractivity contribution in [2.45, 2.75) is 32.2 Å². The topological polar surface area (TPSA) is 16.1 Å². The van der Waals surface area contributed by atoms with Gasteiger partial charge in [-0.05, 0) is 37.4 Å². The maximum Gasteiger partial charge on any atom is 0.123 e. The molecule has 0 amide bonds. The second-order valence-corrected chi connectivity index (χ2v) is 7.06. The molecule has 21 heavy (non-hydrogen) atoms. The molecule has 2 heterocycles. The van der Waals surface area contributed by atoms with Gasteiger partial charge in [-0.1, -0.05) is 31.2 Å². The molecule has 0 saturated carbocycles. The monoisotopic (exact) mass is 320 g/mol. The summed E-state index contributed by atoms with van der Waals surface area (Å²) in [6.07, 6.45) is 2.66. The minimum absolute atomic E-state index is 0.488. The number of benzene rings is 1. The van der Waals surface area contributed by atoms with Crippen molar-refractivity contribution >= 4 is 22.9 Å². The molecule has 1 aliphatic rings. The quantitative estimate of drug-likeness (QED) is 0.754. The van der Waals surface area contributed by atoms with Crippen LogP contribution in [0.15, 0.2) is 29.6 Å². The summed E-state index contributed by atoms with van der Waals surface area (Å²) in [5, 5.41) is 3.09. The lowest BCUT2D eigenvalue weighted by Gasteiger charge is -2.30. The average Bonchev–Trinajstić information content (AvgIpc) is 2.99. The molecule has 1 saturated heterocycles. The van der Waals surface area contributed by atoms with Gasteiger partial charge in [0.2, 0.25) is 0 Å². The molecule has 0 radical (unpaired) electrons. The number of halogens is 1. The van der Waals surface area contributed by atoms with E-state index in [9.17, 15) is 0 Å². The fraction of sp³-hybridized carbons (Fsp3) is 0.471. The zero-order valence-electron chi connectivity index (χ0n) is 12.4. The highest BCUT2D eigenvalue weighted by atomic mass is 35.5. The third-order valence-corrected chi connectivity index (χ3v) is 5.39. The third kappa shape index (κ3) is 3.85. The number of aromatic nitrogens is 1. The van der Waals surface area contributed by atoms with E-state index in [1.807, 2.05) is 5.38 Å². The highest BCUT2D eigenvalue weighted by Crippen LogP contribution is 2.25. The molecule has 112 valence electrons. The number of thiazole rings is 1. The number of likely N-dealkylation sites (tertiary alicyclic amines) is 1. The fourth-order valence-electron chi connectivity index (χ4n) is 2.73. The van der Waals surface area contributed by atoms with Crippen molar-refractivity contribution in [2.75, 3.05) is 13.1 Å². The van der Waals surface area contributed by atoms with Gasteiger partial charge in [0.05, 0.1) is 11.6 Å². The largest absolute Gasteiger partial charge is 0.299 e. The molecule has 1 aromatic heterocycles. The highest BCUT2D eigenvalue weighted by molar-refractivity contribution is 7.13. The molecule has 0 unspecified atom stereocenters. The van der Waals surface area contributed by atoms with Gasteiger partial charge in [0.25, 0.3) is 0 Å². The van der Waals surface area contributed by atoms with Crippen molar-refractivity contribution < 1.29 is 0 Å². The van der Waals surface area contributed by atoms with E-state index in [0.29, 0.717) is 5.88 Å². The minimum atomic E-state index is 0.488. The van der Waals surface area contributed by atoms with E-state index in [2.05, 4.69) is 41.1 Å². The molecule has 1 aromatic carbocycles. The molecule has 0 bridgehead atoms. The van der Waals surface area contributed by atoms with Gasteiger partial charge in [-0.25, -0.2) is 4.98 Å². The van der Waals surface area contributed by atoms with E-state index in [-0.39, 0.29) is 0 Å². The Bertz CT molecular complexity index is 571. The van der Waals surface area contributed by atoms with E-state index in [1.54, 1.807) is 11.3 Å². The fourth-order valence-corrected chi connectivity index (χ4v) is 3.79. The van der Waals surface area contributed by atoms with Crippen LogP contribution < -0.4 is 0 Å². The summed E-state index contributed by atoms with van der Waals surface area (Å²) >= 11 is 7.47. The highest BCUT2D eigenvalue weighted by Gasteiger charge is 2.15. The predicted octanol–water partition coefficient (Wildman–Crippen LogP) is 4.78. The van der Waals surface area contributed by atoms with E-state index in [4.69, 9.17) is 11.6 Å². The first-order valence-corrected chi connectivity index (χ1v) is 8.98. The van der Waals surface area contributed by atoms with E-state index in [0.717, 1.165) is 23.2 Å². The average molecular weight is 321 g/mol. The molecule has 0 spiro atoms. The summed E-state index contributed by atoms with van der Waals surface area (Å²) in [5.74, 6) is 1.38. The van der Waals surface area contributed by atoms with Gasteiger partial charge < -0.3 is 0 Å². The van der Waals surface area contributed by atoms with Crippen LogP contribution in [0.5, 0.6) is 0 Å². The summed E-state index contributed by atoms with van der Waals surface area (Å²) in [7, 11) is 0. The Balaban J connectivity index is 1.64. The Morgan fingerprint density at radius 2 is 1.95 bits per heavy atom. The minimum Gasteiger partial charge on any atom is -0.299 e. The second kappa shape index (κ2) is 6.91. The molecule has 2 aromatic rings. The lowest BCUT2D eigenvalue weighted by atomic mass is 9.99. The summed E-state index contributed by atoms with van der Waals surface area (Å²) < 4.78 is 0. The van der Waals surface area contributed by atoms with Gasteiger partial charge in [0, 0.05) is 17.5 Å². The van der Waals surface area contributed by atoms with Gasteiger partial charge in [-0.15, -0.1) is 22.9 Å². The van der Waals surface area contributed by atoms with Crippen LogP contribution >= 0.6 is 22.9 Å². The van der Waals surface area contributed by atoms with Crippen LogP contribution in [0, 0.1) is 5.92 Å². The molecule has 0 N–H and O–H groups in total. The van der Waals surface area contributed by atoms with E-state index < -0.39 is 0 Å². The molecular weight excluding hydrogens is 300 g/mol. The summed E-state index contributed by atoms with van der Waals surface area (Å²) in [6.45, 7) is 5.88. The van der Waals surface area contributed by atoms with Crippen molar-refractivity contribution in [2.24, 2.45) is 5.92 Å². The molecule has 4 heteroatoms. The smallest absolute Gasteiger partial charge is 0.123 e. The molecule has 2 nitrogen and oxygen atoms in total. The number of hydrogen-bond acceptors (Lipinski definition) is 3. The van der Waals surface area contributed by atoms with Crippen LogP contribution in [0.25, 0.3) is 10.6 Å². The first kappa shape index (κ1) is 15.0. The second-order valence-electron chi connectivity index (χ2n) is 5.93. The maximum absolute atomic E-state index is 5.81. The Kier molecular flexibility index (Phi) is 4.94. The van der Waals surface area contributed by atoms with Gasteiger partial charge in [-0.2, -0.15) is 0 Å². The van der Waals surface area contributed by atoms with Crippen molar-refractivity contribution in [1.82, 2.24) is 9.88 Å². The van der Waals surface area contributed by atoms with Crippen LogP contribution in [0.3, 0.4) is 0 Å². The summed E-state index contributed by atoms with van der Waals surface area (Å²) in [5.41, 5.74) is 3.54. The van der Waals surface area contributed by atoms with Crippen molar-refractivity contribution in [3.63, 3.8) is 0 Å². The molecule has 0 atom stereocenters. The lowest BCUT2D eigenvalue weighted by Crippen LogP contribution is -2.32. The Morgan fingerprint density at radius 1 is 1.24 bits per heavy atom. The number of nitrogens with zero attached hydrogens (tertiary/aromatic N) is 2. The normalized spacial score (nSPS) is 17.2. The van der Waals surface area contributed by atoms with E-state index >= 15 is 0 Å². The molecule has 1 fully saturated rings. The number of alkyl halides is 1. The third-order valence-electron chi connectivity index (χ3n) is 4.17. The van der Waals surface area contributed by atoms with Gasteiger partial charge in [-0.3, -0.25) is 4.90 Å². The zero-order valence-corrected chi connectivity index (χ0v) is 14.0. The van der Waals surface area contributed by atoms with Gasteiger partial charge in [0.1, 0.15) is 5.01 Å². The molecule has 0 aliphatic carbocycles. The maximum atomic E-state index is 5.81. The number of hydrogen-bond donors (Lipinski definition) is 0. The zero-order chi connectivity index (χ0) is 14.7. The van der Waals surface area contributed by atoms with Crippen molar-refractivity contribution in [3.05, 3.63) is 40.9 Å². The Morgan fingerprint density at radius 3 is 2.57 bits per heavy atom. The van der Waals surface area contributed by atoms with Crippen LogP contribution in [-0.4, -0.2) is 23.0 Å².